The second-order valence-corrected chi connectivity index (χ2v) is 5.85. The van der Waals surface area contributed by atoms with E-state index >= 15 is 0 Å². The van der Waals surface area contributed by atoms with Gasteiger partial charge in [-0.05, 0) is 31.4 Å². The molecular formula is C17H25N3. The Labute approximate surface area is 122 Å². The first kappa shape index (κ1) is 14.8. The van der Waals surface area contributed by atoms with Crippen molar-refractivity contribution in [2.75, 3.05) is 7.05 Å². The summed E-state index contributed by atoms with van der Waals surface area (Å²) in [6, 6.07) is 11.2. The zero-order valence-corrected chi connectivity index (χ0v) is 12.7. The Balaban J connectivity index is 2.08. The molecule has 0 unspecified atom stereocenters. The summed E-state index contributed by atoms with van der Waals surface area (Å²) >= 11 is 0. The van der Waals surface area contributed by atoms with Gasteiger partial charge in [0.05, 0.1) is 6.54 Å². The van der Waals surface area contributed by atoms with Gasteiger partial charge in [0.1, 0.15) is 5.82 Å². The first-order chi connectivity index (χ1) is 9.66. The van der Waals surface area contributed by atoms with E-state index in [1.54, 1.807) is 0 Å². The number of benzene rings is 1. The second kappa shape index (κ2) is 7.25. The maximum Gasteiger partial charge on any atom is 0.120 e. The van der Waals surface area contributed by atoms with Gasteiger partial charge in [-0.15, -0.1) is 0 Å². The molecule has 1 N–H and O–H groups in total. The maximum absolute atomic E-state index is 4.33. The Morgan fingerprint density at radius 3 is 2.50 bits per heavy atom. The molecule has 1 heterocycles. The second-order valence-electron chi connectivity index (χ2n) is 5.85. The zero-order chi connectivity index (χ0) is 14.4. The fraction of sp³-hybridized carbons (Fsp3) is 0.471. The highest BCUT2D eigenvalue weighted by Crippen LogP contribution is 2.27. The van der Waals surface area contributed by atoms with E-state index in [-0.39, 0.29) is 0 Å². The van der Waals surface area contributed by atoms with E-state index in [0.29, 0.717) is 6.04 Å². The Morgan fingerprint density at radius 1 is 1.15 bits per heavy atom. The highest BCUT2D eigenvalue weighted by atomic mass is 15.1. The van der Waals surface area contributed by atoms with Crippen LogP contribution in [0.5, 0.6) is 0 Å². The number of aromatic nitrogens is 2. The number of imidazole rings is 1. The van der Waals surface area contributed by atoms with Crippen molar-refractivity contribution in [3.63, 3.8) is 0 Å². The van der Waals surface area contributed by atoms with Gasteiger partial charge in [-0.1, -0.05) is 44.2 Å². The SMILES string of the molecule is CC(C)CC[C@H](c1ccccc1)N(C)Cc1ncc[nH]1. The predicted molar refractivity (Wildman–Crippen MR) is 83.3 cm³/mol. The maximum atomic E-state index is 4.33. The Bertz CT molecular complexity index is 476. The van der Waals surface area contributed by atoms with Crippen molar-refractivity contribution in [2.45, 2.75) is 39.3 Å². The number of hydrogen-bond donors (Lipinski definition) is 1. The molecule has 0 bridgehead atoms. The first-order valence-electron chi connectivity index (χ1n) is 7.40. The summed E-state index contributed by atoms with van der Waals surface area (Å²) in [5, 5.41) is 0. The van der Waals surface area contributed by atoms with Gasteiger partial charge in [0.15, 0.2) is 0 Å². The predicted octanol–water partition coefficient (Wildman–Crippen LogP) is 4.02. The molecule has 0 radical (unpaired) electrons. The van der Waals surface area contributed by atoms with E-state index in [0.717, 1.165) is 18.3 Å². The van der Waals surface area contributed by atoms with Crippen LogP contribution < -0.4 is 0 Å². The minimum atomic E-state index is 0.448. The van der Waals surface area contributed by atoms with Crippen molar-refractivity contribution in [3.05, 3.63) is 54.1 Å². The molecule has 0 spiro atoms. The van der Waals surface area contributed by atoms with Crippen molar-refractivity contribution in [1.82, 2.24) is 14.9 Å². The van der Waals surface area contributed by atoms with Crippen LogP contribution in [0.25, 0.3) is 0 Å². The third-order valence-corrected chi connectivity index (χ3v) is 3.69. The average molecular weight is 271 g/mol. The molecule has 1 atom stereocenters. The lowest BCUT2D eigenvalue weighted by Gasteiger charge is -2.28. The zero-order valence-electron chi connectivity index (χ0n) is 12.7. The van der Waals surface area contributed by atoms with Crippen molar-refractivity contribution in [3.8, 4) is 0 Å². The quantitative estimate of drug-likeness (QED) is 0.825. The van der Waals surface area contributed by atoms with E-state index in [4.69, 9.17) is 0 Å². The molecular weight excluding hydrogens is 246 g/mol. The molecule has 2 rings (SSSR count). The van der Waals surface area contributed by atoms with Crippen LogP contribution in [0.4, 0.5) is 0 Å². The summed E-state index contributed by atoms with van der Waals surface area (Å²) in [5.41, 5.74) is 1.39. The van der Waals surface area contributed by atoms with Crippen LogP contribution in [0.3, 0.4) is 0 Å². The van der Waals surface area contributed by atoms with Gasteiger partial charge in [0.25, 0.3) is 0 Å². The van der Waals surface area contributed by atoms with Crippen LogP contribution in [-0.4, -0.2) is 21.9 Å². The van der Waals surface area contributed by atoms with Gasteiger partial charge in [0, 0.05) is 18.4 Å². The van der Waals surface area contributed by atoms with Crippen molar-refractivity contribution in [2.24, 2.45) is 5.92 Å². The van der Waals surface area contributed by atoms with Gasteiger partial charge in [-0.25, -0.2) is 4.98 Å². The number of nitrogens with one attached hydrogen (secondary N) is 1. The van der Waals surface area contributed by atoms with Crippen LogP contribution in [0.2, 0.25) is 0 Å². The van der Waals surface area contributed by atoms with Crippen molar-refractivity contribution >= 4 is 0 Å². The molecule has 3 nitrogen and oxygen atoms in total. The van der Waals surface area contributed by atoms with E-state index in [1.165, 1.54) is 18.4 Å². The minimum absolute atomic E-state index is 0.448. The van der Waals surface area contributed by atoms with E-state index in [1.807, 2.05) is 12.4 Å². The summed E-state index contributed by atoms with van der Waals surface area (Å²) in [5.74, 6) is 1.76. The Hall–Kier alpha value is -1.61. The fourth-order valence-corrected chi connectivity index (χ4v) is 2.54. The molecule has 0 aliphatic heterocycles. The molecule has 20 heavy (non-hydrogen) atoms. The lowest BCUT2D eigenvalue weighted by Crippen LogP contribution is -2.25. The highest BCUT2D eigenvalue weighted by Gasteiger charge is 2.18. The summed E-state index contributed by atoms with van der Waals surface area (Å²) in [6.07, 6.45) is 6.12. The van der Waals surface area contributed by atoms with Crippen molar-refractivity contribution < 1.29 is 0 Å². The van der Waals surface area contributed by atoms with Crippen LogP contribution in [0.1, 0.15) is 44.1 Å². The third kappa shape index (κ3) is 4.20. The lowest BCUT2D eigenvalue weighted by atomic mass is 9.96. The Kier molecular flexibility index (Phi) is 5.36. The average Bonchev–Trinajstić information content (AvgIpc) is 2.92. The summed E-state index contributed by atoms with van der Waals surface area (Å²) in [7, 11) is 2.18. The highest BCUT2D eigenvalue weighted by molar-refractivity contribution is 5.19. The molecule has 108 valence electrons. The first-order valence-corrected chi connectivity index (χ1v) is 7.40. The molecule has 1 aromatic carbocycles. The molecule has 0 aliphatic carbocycles. The Morgan fingerprint density at radius 2 is 1.90 bits per heavy atom. The summed E-state index contributed by atoms with van der Waals surface area (Å²) < 4.78 is 0. The van der Waals surface area contributed by atoms with Gasteiger partial charge in [-0.3, -0.25) is 4.90 Å². The minimum Gasteiger partial charge on any atom is -0.348 e. The molecule has 0 saturated heterocycles. The molecule has 3 heteroatoms. The van der Waals surface area contributed by atoms with Crippen LogP contribution in [0.15, 0.2) is 42.7 Å². The largest absolute Gasteiger partial charge is 0.348 e. The number of nitrogens with zero attached hydrogens (tertiary/aromatic N) is 2. The smallest absolute Gasteiger partial charge is 0.120 e. The summed E-state index contributed by atoms with van der Waals surface area (Å²) in [4.78, 5) is 9.90. The van der Waals surface area contributed by atoms with Gasteiger partial charge < -0.3 is 4.98 Å². The molecule has 0 amide bonds. The number of hydrogen-bond acceptors (Lipinski definition) is 2. The van der Waals surface area contributed by atoms with Gasteiger partial charge >= 0.3 is 0 Å². The number of rotatable bonds is 7. The monoisotopic (exact) mass is 271 g/mol. The van der Waals surface area contributed by atoms with Crippen LogP contribution >= 0.6 is 0 Å². The molecule has 0 saturated carbocycles. The van der Waals surface area contributed by atoms with E-state index in [2.05, 4.69) is 66.1 Å². The van der Waals surface area contributed by atoms with E-state index < -0.39 is 0 Å². The topological polar surface area (TPSA) is 31.9 Å². The fourth-order valence-electron chi connectivity index (χ4n) is 2.54. The lowest BCUT2D eigenvalue weighted by molar-refractivity contribution is 0.211. The van der Waals surface area contributed by atoms with Crippen molar-refractivity contribution in [1.29, 1.82) is 0 Å². The standard InChI is InChI=1S/C17H25N3/c1-14(2)9-10-16(15-7-5-4-6-8-15)20(3)13-17-18-11-12-19-17/h4-8,11-12,14,16H,9-10,13H2,1-3H3,(H,18,19)/t16-/m1/s1. The van der Waals surface area contributed by atoms with Gasteiger partial charge in [0.2, 0.25) is 0 Å². The molecule has 0 aliphatic rings. The number of H-pyrrole nitrogens is 1. The van der Waals surface area contributed by atoms with Crippen LogP contribution in [-0.2, 0) is 6.54 Å². The van der Waals surface area contributed by atoms with Crippen LogP contribution in [0, 0.1) is 5.92 Å². The summed E-state index contributed by atoms with van der Waals surface area (Å²) in [6.45, 7) is 5.42. The van der Waals surface area contributed by atoms with E-state index in [9.17, 15) is 0 Å². The van der Waals surface area contributed by atoms with Gasteiger partial charge in [-0.2, -0.15) is 0 Å². The molecule has 0 fully saturated rings. The number of aromatic amines is 1. The normalized spacial score (nSPS) is 13.1. The molecule has 2 aromatic rings. The molecule has 1 aromatic heterocycles. The third-order valence-electron chi connectivity index (χ3n) is 3.69.